The second-order valence-electron chi connectivity index (χ2n) is 0.814. The van der Waals surface area contributed by atoms with Gasteiger partial charge in [-0.15, -0.1) is 0 Å². The molecule has 0 fully saturated rings. The molecule has 1 nitrogen and oxygen atoms in total. The lowest BCUT2D eigenvalue weighted by atomic mass is 10.7. The molecule has 0 amide bonds. The van der Waals surface area contributed by atoms with Crippen LogP contribution in [-0.2, 0) is 0 Å². The maximum atomic E-state index is 7.89. The highest BCUT2D eigenvalue weighted by Crippen LogP contribution is 2.40. The van der Waals surface area contributed by atoms with Crippen molar-refractivity contribution in [3.05, 3.63) is 11.1 Å². The molecule has 0 N–H and O–H groups in total. The standard InChI is InChI=1S/C3H2NP/c4-1-3-2-5-3/h2,5H. The first kappa shape index (κ1) is 2.87. The zero-order valence-corrected chi connectivity index (χ0v) is 3.52. The largest absolute Gasteiger partial charge is 0.192 e. The van der Waals surface area contributed by atoms with Crippen LogP contribution < -0.4 is 0 Å². The van der Waals surface area contributed by atoms with Crippen LogP contribution >= 0.6 is 8.58 Å². The van der Waals surface area contributed by atoms with E-state index in [-0.39, 0.29) is 0 Å². The summed E-state index contributed by atoms with van der Waals surface area (Å²) >= 11 is 0. The first-order valence-electron chi connectivity index (χ1n) is 1.30. The first-order valence-corrected chi connectivity index (χ1v) is 2.38. The van der Waals surface area contributed by atoms with E-state index < -0.39 is 0 Å². The van der Waals surface area contributed by atoms with Gasteiger partial charge < -0.3 is 0 Å². The molecule has 0 aromatic carbocycles. The Kier molecular flexibility index (Phi) is 0.465. The van der Waals surface area contributed by atoms with Crippen LogP contribution in [0.2, 0.25) is 0 Å². The molecule has 0 spiro atoms. The molecule has 0 radical (unpaired) electrons. The number of hydrogen-bond acceptors (Lipinski definition) is 1. The van der Waals surface area contributed by atoms with Gasteiger partial charge in [0, 0.05) is 0 Å². The minimum Gasteiger partial charge on any atom is -0.192 e. The third kappa shape index (κ3) is 0.464. The monoisotopic (exact) mass is 83.0 g/mol. The average Bonchev–Trinajstić information content (AvgIpc) is 2.12. The van der Waals surface area contributed by atoms with E-state index in [0.717, 1.165) is 13.9 Å². The van der Waals surface area contributed by atoms with Crippen LogP contribution in [0.25, 0.3) is 0 Å². The number of nitrogens with zero attached hydrogens (tertiary/aromatic N) is 1. The molecule has 1 aliphatic rings. The predicted molar refractivity (Wildman–Crippen MR) is 22.0 cm³/mol. The van der Waals surface area contributed by atoms with E-state index in [1.54, 1.807) is 0 Å². The molecular formula is C3H2NP. The van der Waals surface area contributed by atoms with Crippen molar-refractivity contribution in [3.8, 4) is 6.07 Å². The number of allylic oxidation sites excluding steroid dienone is 1. The van der Waals surface area contributed by atoms with Crippen molar-refractivity contribution in [2.75, 3.05) is 0 Å². The second-order valence-corrected chi connectivity index (χ2v) is 1.93. The highest BCUT2D eigenvalue weighted by Gasteiger charge is 2.01. The van der Waals surface area contributed by atoms with Crippen LogP contribution in [0.1, 0.15) is 0 Å². The lowest BCUT2D eigenvalue weighted by molar-refractivity contribution is 1.53. The number of rotatable bonds is 0. The zero-order chi connectivity index (χ0) is 3.70. The van der Waals surface area contributed by atoms with Crippen LogP contribution in [-0.4, -0.2) is 0 Å². The Morgan fingerprint density at radius 3 is 2.60 bits per heavy atom. The number of hydrogen-bond donors (Lipinski definition) is 0. The Bertz CT molecular complexity index is 109. The molecule has 0 aromatic heterocycles. The molecule has 1 rings (SSSR count). The molecule has 2 heteroatoms. The van der Waals surface area contributed by atoms with Gasteiger partial charge in [-0.3, -0.25) is 0 Å². The van der Waals surface area contributed by atoms with Gasteiger partial charge in [0.15, 0.2) is 0 Å². The molecule has 1 aliphatic heterocycles. The van der Waals surface area contributed by atoms with E-state index in [2.05, 4.69) is 0 Å². The quantitative estimate of drug-likeness (QED) is 0.401. The van der Waals surface area contributed by atoms with Gasteiger partial charge in [0.1, 0.15) is 0 Å². The van der Waals surface area contributed by atoms with Crippen molar-refractivity contribution in [1.82, 2.24) is 0 Å². The second kappa shape index (κ2) is 0.808. The van der Waals surface area contributed by atoms with E-state index in [9.17, 15) is 0 Å². The Hall–Kier alpha value is -0.340. The highest BCUT2D eigenvalue weighted by atomic mass is 31.1. The van der Waals surface area contributed by atoms with Gasteiger partial charge in [0.05, 0.1) is 11.4 Å². The van der Waals surface area contributed by atoms with Crippen molar-refractivity contribution < 1.29 is 0 Å². The summed E-state index contributed by atoms with van der Waals surface area (Å²) in [6, 6.07) is 2.01. The van der Waals surface area contributed by atoms with Crippen LogP contribution in [0.3, 0.4) is 0 Å². The van der Waals surface area contributed by atoms with Crippen LogP contribution in [0.4, 0.5) is 0 Å². The Labute approximate surface area is 32.1 Å². The van der Waals surface area contributed by atoms with Crippen LogP contribution in [0, 0.1) is 11.3 Å². The minimum atomic E-state index is 0.755. The maximum Gasteiger partial charge on any atom is 0.0996 e. The van der Waals surface area contributed by atoms with Crippen molar-refractivity contribution in [1.29, 1.82) is 5.26 Å². The zero-order valence-electron chi connectivity index (χ0n) is 2.52. The molecule has 0 saturated carbocycles. The van der Waals surface area contributed by atoms with Gasteiger partial charge in [0.25, 0.3) is 0 Å². The van der Waals surface area contributed by atoms with Gasteiger partial charge in [-0.05, 0) is 5.82 Å². The maximum absolute atomic E-state index is 7.89. The molecule has 0 aromatic rings. The molecule has 0 aliphatic carbocycles. The normalized spacial score (nSPS) is 21.0. The molecule has 1 unspecified atom stereocenters. The van der Waals surface area contributed by atoms with E-state index >= 15 is 0 Å². The summed E-state index contributed by atoms with van der Waals surface area (Å²) in [7, 11) is 0.755. The van der Waals surface area contributed by atoms with Crippen molar-refractivity contribution >= 4 is 8.58 Å². The summed E-state index contributed by atoms with van der Waals surface area (Å²) in [5.41, 5.74) is 0. The lowest BCUT2D eigenvalue weighted by Gasteiger charge is -1.45. The van der Waals surface area contributed by atoms with Gasteiger partial charge in [-0.2, -0.15) is 5.26 Å². The Balaban J connectivity index is 2.59. The van der Waals surface area contributed by atoms with Gasteiger partial charge in [-0.25, -0.2) is 0 Å². The summed E-state index contributed by atoms with van der Waals surface area (Å²) in [6.07, 6.45) is 0. The Morgan fingerprint density at radius 2 is 2.60 bits per heavy atom. The smallest absolute Gasteiger partial charge is 0.0996 e. The summed E-state index contributed by atoms with van der Waals surface area (Å²) in [6.45, 7) is 0. The minimum absolute atomic E-state index is 0.755. The van der Waals surface area contributed by atoms with E-state index in [0.29, 0.717) is 0 Å². The van der Waals surface area contributed by atoms with Gasteiger partial charge in [-0.1, -0.05) is 8.58 Å². The molecule has 1 atom stereocenters. The lowest BCUT2D eigenvalue weighted by Crippen LogP contribution is -1.31. The SMILES string of the molecule is N#CC1=CP1. The topological polar surface area (TPSA) is 23.8 Å². The van der Waals surface area contributed by atoms with Crippen molar-refractivity contribution in [2.45, 2.75) is 0 Å². The van der Waals surface area contributed by atoms with Gasteiger partial charge in [0.2, 0.25) is 0 Å². The number of nitriles is 1. The summed E-state index contributed by atoms with van der Waals surface area (Å²) in [5.74, 6) is 1.93. The first-order chi connectivity index (χ1) is 2.43. The molecule has 1 heterocycles. The van der Waals surface area contributed by atoms with E-state index in [1.165, 1.54) is 0 Å². The molecule has 0 bridgehead atoms. The average molecular weight is 83.0 g/mol. The van der Waals surface area contributed by atoms with Crippen molar-refractivity contribution in [3.63, 3.8) is 0 Å². The fourth-order valence-corrected chi connectivity index (χ4v) is 0.302. The molecule has 0 saturated heterocycles. The predicted octanol–water partition coefficient (Wildman–Crippen LogP) is 1.04. The van der Waals surface area contributed by atoms with Crippen LogP contribution in [0.5, 0.6) is 0 Å². The summed E-state index contributed by atoms with van der Waals surface area (Å²) in [4.78, 5) is 0. The van der Waals surface area contributed by atoms with E-state index in [4.69, 9.17) is 5.26 Å². The third-order valence-electron chi connectivity index (χ3n) is 0.409. The fraction of sp³-hybridized carbons (Fsp3) is 0. The van der Waals surface area contributed by atoms with Crippen LogP contribution in [0.15, 0.2) is 11.1 Å². The Morgan fingerprint density at radius 1 is 2.00 bits per heavy atom. The van der Waals surface area contributed by atoms with Gasteiger partial charge >= 0.3 is 0 Å². The molecular weight excluding hydrogens is 81.0 g/mol. The molecule has 24 valence electrons. The summed E-state index contributed by atoms with van der Waals surface area (Å²) < 4.78 is 0. The fourth-order valence-electron chi connectivity index (χ4n) is 0.101. The summed E-state index contributed by atoms with van der Waals surface area (Å²) in [5, 5.41) is 8.86. The third-order valence-corrected chi connectivity index (χ3v) is 1.10. The molecule has 5 heavy (non-hydrogen) atoms. The van der Waals surface area contributed by atoms with E-state index in [1.807, 2.05) is 11.9 Å². The van der Waals surface area contributed by atoms with Crippen molar-refractivity contribution in [2.24, 2.45) is 0 Å². The highest BCUT2D eigenvalue weighted by molar-refractivity contribution is 7.55.